The van der Waals surface area contributed by atoms with Crippen LogP contribution in [0.2, 0.25) is 0 Å². The molecule has 2 atom stereocenters. The van der Waals surface area contributed by atoms with Crippen molar-refractivity contribution in [3.05, 3.63) is 41.7 Å². The molecule has 2 unspecified atom stereocenters. The van der Waals surface area contributed by atoms with E-state index in [1.54, 1.807) is 0 Å². The molecule has 0 saturated carbocycles. The van der Waals surface area contributed by atoms with E-state index in [2.05, 4.69) is 72.8 Å². The van der Waals surface area contributed by atoms with E-state index in [0.717, 1.165) is 18.8 Å². The van der Waals surface area contributed by atoms with Crippen LogP contribution in [0.25, 0.3) is 0 Å². The minimum atomic E-state index is 0.153. The summed E-state index contributed by atoms with van der Waals surface area (Å²) in [5.74, 6) is 1.51. The van der Waals surface area contributed by atoms with E-state index in [4.69, 9.17) is 0 Å². The summed E-state index contributed by atoms with van der Waals surface area (Å²) in [4.78, 5) is 0. The van der Waals surface area contributed by atoms with E-state index >= 15 is 0 Å². The van der Waals surface area contributed by atoms with E-state index in [0.29, 0.717) is 5.92 Å². The number of nitrogens with zero attached hydrogens (tertiary/aromatic N) is 4. The van der Waals surface area contributed by atoms with Gasteiger partial charge in [-0.3, -0.25) is 0 Å². The first-order valence-electron chi connectivity index (χ1n) is 7.63. The number of tetrazole rings is 1. The third-order valence-electron chi connectivity index (χ3n) is 3.53. The summed E-state index contributed by atoms with van der Waals surface area (Å²) < 4.78 is 1.94. The van der Waals surface area contributed by atoms with Crippen molar-refractivity contribution in [2.75, 3.05) is 6.54 Å². The minimum Gasteiger partial charge on any atom is -0.307 e. The van der Waals surface area contributed by atoms with Gasteiger partial charge in [-0.15, -0.1) is 5.10 Å². The van der Waals surface area contributed by atoms with E-state index < -0.39 is 0 Å². The summed E-state index contributed by atoms with van der Waals surface area (Å²) >= 11 is 0. The van der Waals surface area contributed by atoms with E-state index in [1.165, 1.54) is 5.56 Å². The zero-order valence-corrected chi connectivity index (χ0v) is 13.3. The first kappa shape index (κ1) is 15.6. The predicted octanol–water partition coefficient (Wildman–Crippen LogP) is 2.78. The van der Waals surface area contributed by atoms with E-state index in [1.807, 2.05) is 10.7 Å². The Morgan fingerprint density at radius 3 is 2.48 bits per heavy atom. The van der Waals surface area contributed by atoms with Gasteiger partial charge in [-0.2, -0.15) is 0 Å². The molecule has 114 valence electrons. The van der Waals surface area contributed by atoms with Crippen LogP contribution in [0.15, 0.2) is 30.3 Å². The topological polar surface area (TPSA) is 55.6 Å². The molecule has 0 aliphatic carbocycles. The van der Waals surface area contributed by atoms with Crippen molar-refractivity contribution >= 4 is 0 Å². The monoisotopic (exact) mass is 287 g/mol. The first-order chi connectivity index (χ1) is 10.1. The van der Waals surface area contributed by atoms with Gasteiger partial charge in [0.05, 0.1) is 12.1 Å². The molecule has 0 spiro atoms. The van der Waals surface area contributed by atoms with Gasteiger partial charge >= 0.3 is 0 Å². The van der Waals surface area contributed by atoms with Crippen molar-refractivity contribution < 1.29 is 0 Å². The van der Waals surface area contributed by atoms with Gasteiger partial charge in [0, 0.05) is 0 Å². The van der Waals surface area contributed by atoms with Gasteiger partial charge in [0.1, 0.15) is 0 Å². The molecule has 21 heavy (non-hydrogen) atoms. The van der Waals surface area contributed by atoms with Crippen LogP contribution in [-0.2, 0) is 6.42 Å². The molecule has 1 aromatic heterocycles. The number of hydrogen-bond donors (Lipinski definition) is 1. The molecule has 2 rings (SSSR count). The molecule has 1 N–H and O–H groups in total. The van der Waals surface area contributed by atoms with Gasteiger partial charge in [0.15, 0.2) is 5.82 Å². The lowest BCUT2D eigenvalue weighted by molar-refractivity contribution is 0.413. The number of rotatable bonds is 7. The van der Waals surface area contributed by atoms with E-state index in [9.17, 15) is 0 Å². The summed E-state index contributed by atoms with van der Waals surface area (Å²) in [5.41, 5.74) is 1.30. The van der Waals surface area contributed by atoms with Crippen LogP contribution in [0, 0.1) is 5.92 Å². The Balaban J connectivity index is 2.05. The molecular weight excluding hydrogens is 262 g/mol. The molecule has 0 amide bonds. The Bertz CT molecular complexity index is 535. The zero-order chi connectivity index (χ0) is 15.2. The third kappa shape index (κ3) is 4.36. The summed E-state index contributed by atoms with van der Waals surface area (Å²) in [6.45, 7) is 9.62. The molecule has 0 aliphatic heterocycles. The maximum absolute atomic E-state index is 4.20. The number of aromatic nitrogens is 4. The highest BCUT2D eigenvalue weighted by Crippen LogP contribution is 2.17. The molecule has 0 saturated heterocycles. The fourth-order valence-corrected chi connectivity index (χ4v) is 2.34. The molecule has 1 aromatic carbocycles. The van der Waals surface area contributed by atoms with Gasteiger partial charge in [-0.25, -0.2) is 4.68 Å². The highest BCUT2D eigenvalue weighted by atomic mass is 15.6. The molecular formula is C16H25N5. The summed E-state index contributed by atoms with van der Waals surface area (Å²) in [6, 6.07) is 10.8. The number of benzene rings is 1. The van der Waals surface area contributed by atoms with Crippen molar-refractivity contribution in [3.8, 4) is 0 Å². The van der Waals surface area contributed by atoms with Crippen molar-refractivity contribution in [3.63, 3.8) is 0 Å². The lowest BCUT2D eigenvalue weighted by atomic mass is 10.1. The van der Waals surface area contributed by atoms with Crippen molar-refractivity contribution in [2.45, 2.75) is 46.2 Å². The summed E-state index contributed by atoms with van der Waals surface area (Å²) in [6.07, 6.45) is 0.926. The van der Waals surface area contributed by atoms with E-state index in [-0.39, 0.29) is 12.1 Å². The molecule has 5 nitrogen and oxygen atoms in total. The second kappa shape index (κ2) is 7.31. The van der Waals surface area contributed by atoms with Crippen LogP contribution in [0.3, 0.4) is 0 Å². The second-order valence-electron chi connectivity index (χ2n) is 6.04. The van der Waals surface area contributed by atoms with Gasteiger partial charge < -0.3 is 5.32 Å². The van der Waals surface area contributed by atoms with Gasteiger partial charge in [0.25, 0.3) is 0 Å². The Morgan fingerprint density at radius 2 is 1.81 bits per heavy atom. The van der Waals surface area contributed by atoms with Gasteiger partial charge in [-0.05, 0) is 48.7 Å². The Morgan fingerprint density at radius 1 is 1.10 bits per heavy atom. The first-order valence-corrected chi connectivity index (χ1v) is 7.63. The van der Waals surface area contributed by atoms with Crippen molar-refractivity contribution in [2.24, 2.45) is 5.92 Å². The SMILES string of the molecule is CC(C)CNC(C)c1nnnn1C(C)Cc1ccccc1. The largest absolute Gasteiger partial charge is 0.307 e. The third-order valence-corrected chi connectivity index (χ3v) is 3.53. The van der Waals surface area contributed by atoms with Gasteiger partial charge in [0.2, 0.25) is 0 Å². The highest BCUT2D eigenvalue weighted by Gasteiger charge is 2.18. The van der Waals surface area contributed by atoms with Crippen LogP contribution in [-0.4, -0.2) is 26.8 Å². The normalized spacial score (nSPS) is 14.3. The molecule has 0 aliphatic rings. The fourth-order valence-electron chi connectivity index (χ4n) is 2.34. The quantitative estimate of drug-likeness (QED) is 0.851. The van der Waals surface area contributed by atoms with Crippen LogP contribution < -0.4 is 5.32 Å². The van der Waals surface area contributed by atoms with Crippen LogP contribution in [0.5, 0.6) is 0 Å². The standard InChI is InChI=1S/C16H25N5/c1-12(2)11-17-14(4)16-18-19-20-21(16)13(3)10-15-8-6-5-7-9-15/h5-9,12-14,17H,10-11H2,1-4H3. The maximum atomic E-state index is 4.20. The number of hydrogen-bond acceptors (Lipinski definition) is 4. The Labute approximate surface area is 126 Å². The smallest absolute Gasteiger partial charge is 0.168 e. The van der Waals surface area contributed by atoms with Crippen LogP contribution >= 0.6 is 0 Å². The molecule has 0 bridgehead atoms. The van der Waals surface area contributed by atoms with Crippen molar-refractivity contribution in [1.82, 2.24) is 25.5 Å². The fraction of sp³-hybridized carbons (Fsp3) is 0.562. The summed E-state index contributed by atoms with van der Waals surface area (Å²) in [5, 5.41) is 15.7. The molecule has 1 heterocycles. The second-order valence-corrected chi connectivity index (χ2v) is 6.04. The Kier molecular flexibility index (Phi) is 5.44. The average Bonchev–Trinajstić information content (AvgIpc) is 2.95. The minimum absolute atomic E-state index is 0.153. The predicted molar refractivity (Wildman–Crippen MR) is 83.9 cm³/mol. The molecule has 2 aromatic rings. The Hall–Kier alpha value is -1.75. The zero-order valence-electron chi connectivity index (χ0n) is 13.3. The number of nitrogens with one attached hydrogen (secondary N) is 1. The average molecular weight is 287 g/mol. The molecule has 5 heteroatoms. The highest BCUT2D eigenvalue weighted by molar-refractivity contribution is 5.15. The summed E-state index contributed by atoms with van der Waals surface area (Å²) in [7, 11) is 0. The van der Waals surface area contributed by atoms with Crippen LogP contribution in [0.1, 0.15) is 51.2 Å². The lowest BCUT2D eigenvalue weighted by Gasteiger charge is -2.18. The van der Waals surface area contributed by atoms with Gasteiger partial charge in [-0.1, -0.05) is 44.2 Å². The maximum Gasteiger partial charge on any atom is 0.168 e. The lowest BCUT2D eigenvalue weighted by Crippen LogP contribution is -2.27. The molecule has 0 fully saturated rings. The van der Waals surface area contributed by atoms with Crippen molar-refractivity contribution in [1.29, 1.82) is 0 Å². The molecule has 0 radical (unpaired) electrons. The van der Waals surface area contributed by atoms with Crippen LogP contribution in [0.4, 0.5) is 0 Å².